The molecule has 1 rings (SSSR count). The summed E-state index contributed by atoms with van der Waals surface area (Å²) >= 11 is 0. The van der Waals surface area contributed by atoms with E-state index < -0.39 is 12.1 Å². The van der Waals surface area contributed by atoms with Crippen LogP contribution in [-0.2, 0) is 0 Å². The second-order valence-electron chi connectivity index (χ2n) is 4.70. The third kappa shape index (κ3) is 2.80. The Morgan fingerprint density at radius 2 is 1.67 bits per heavy atom. The summed E-state index contributed by atoms with van der Waals surface area (Å²) in [5, 5.41) is 18.7. The molecule has 0 bridgehead atoms. The molecule has 2 N–H and O–H groups in total. The normalized spacial score (nSPS) is 13.6. The molecule has 0 heterocycles. The van der Waals surface area contributed by atoms with E-state index in [1.54, 1.807) is 12.1 Å². The SMILES string of the molecule is CC(C)(C)[C@@H](O)c1ccc(C(=O)O)cc1. The third-order valence-corrected chi connectivity index (χ3v) is 2.29. The zero-order valence-electron chi connectivity index (χ0n) is 9.19. The highest BCUT2D eigenvalue weighted by Gasteiger charge is 2.23. The van der Waals surface area contributed by atoms with Gasteiger partial charge in [-0.2, -0.15) is 0 Å². The largest absolute Gasteiger partial charge is 0.478 e. The smallest absolute Gasteiger partial charge is 0.335 e. The van der Waals surface area contributed by atoms with Crippen LogP contribution in [0, 0.1) is 5.41 Å². The highest BCUT2D eigenvalue weighted by Crippen LogP contribution is 2.32. The molecule has 0 aliphatic heterocycles. The first-order valence-corrected chi connectivity index (χ1v) is 4.83. The van der Waals surface area contributed by atoms with Crippen molar-refractivity contribution in [3.63, 3.8) is 0 Å². The maximum atomic E-state index is 10.6. The van der Waals surface area contributed by atoms with Gasteiger partial charge in [0.2, 0.25) is 0 Å². The fourth-order valence-electron chi connectivity index (χ4n) is 1.31. The van der Waals surface area contributed by atoms with E-state index in [0.29, 0.717) is 0 Å². The molecule has 15 heavy (non-hydrogen) atoms. The summed E-state index contributed by atoms with van der Waals surface area (Å²) in [5.41, 5.74) is 0.734. The predicted molar refractivity (Wildman–Crippen MR) is 57.8 cm³/mol. The van der Waals surface area contributed by atoms with Crippen LogP contribution in [0.5, 0.6) is 0 Å². The minimum Gasteiger partial charge on any atom is -0.478 e. The number of hydrogen-bond donors (Lipinski definition) is 2. The molecule has 1 aromatic carbocycles. The lowest BCUT2D eigenvalue weighted by Gasteiger charge is -2.26. The number of carbonyl (C=O) groups is 1. The molecule has 0 radical (unpaired) electrons. The van der Waals surface area contributed by atoms with E-state index >= 15 is 0 Å². The Kier molecular flexibility index (Phi) is 3.15. The van der Waals surface area contributed by atoms with Crippen LogP contribution in [0.2, 0.25) is 0 Å². The van der Waals surface area contributed by atoms with Crippen molar-refractivity contribution in [1.82, 2.24) is 0 Å². The molecule has 1 aromatic rings. The molecule has 0 fully saturated rings. The second-order valence-corrected chi connectivity index (χ2v) is 4.70. The Hall–Kier alpha value is -1.35. The van der Waals surface area contributed by atoms with Gasteiger partial charge >= 0.3 is 5.97 Å². The molecule has 0 aromatic heterocycles. The van der Waals surface area contributed by atoms with Gasteiger partial charge in [0.05, 0.1) is 11.7 Å². The summed E-state index contributed by atoms with van der Waals surface area (Å²) in [7, 11) is 0. The Morgan fingerprint density at radius 3 is 2.00 bits per heavy atom. The molecule has 82 valence electrons. The highest BCUT2D eigenvalue weighted by molar-refractivity contribution is 5.87. The lowest BCUT2D eigenvalue weighted by molar-refractivity contribution is 0.0624. The summed E-state index contributed by atoms with van der Waals surface area (Å²) < 4.78 is 0. The first-order chi connectivity index (χ1) is 6.82. The summed E-state index contributed by atoms with van der Waals surface area (Å²) in [6.07, 6.45) is -0.583. The van der Waals surface area contributed by atoms with Gasteiger partial charge in [-0.05, 0) is 23.1 Å². The molecule has 0 saturated heterocycles. The van der Waals surface area contributed by atoms with Gasteiger partial charge in [0.25, 0.3) is 0 Å². The monoisotopic (exact) mass is 208 g/mol. The lowest BCUT2D eigenvalue weighted by atomic mass is 9.84. The molecule has 3 heteroatoms. The van der Waals surface area contributed by atoms with E-state index in [0.717, 1.165) is 5.56 Å². The van der Waals surface area contributed by atoms with Crippen molar-refractivity contribution in [2.75, 3.05) is 0 Å². The fraction of sp³-hybridized carbons (Fsp3) is 0.417. The van der Waals surface area contributed by atoms with Crippen LogP contribution in [0.1, 0.15) is 42.8 Å². The molecule has 0 amide bonds. The molecule has 0 unspecified atom stereocenters. The Labute approximate surface area is 89.4 Å². The van der Waals surface area contributed by atoms with Crippen LogP contribution >= 0.6 is 0 Å². The van der Waals surface area contributed by atoms with Gasteiger partial charge in [-0.1, -0.05) is 32.9 Å². The molecule has 3 nitrogen and oxygen atoms in total. The average Bonchev–Trinajstić information content (AvgIpc) is 2.15. The fourth-order valence-corrected chi connectivity index (χ4v) is 1.31. The van der Waals surface area contributed by atoms with E-state index in [-0.39, 0.29) is 11.0 Å². The van der Waals surface area contributed by atoms with Crippen LogP contribution in [0.3, 0.4) is 0 Å². The van der Waals surface area contributed by atoms with Crippen LogP contribution in [0.25, 0.3) is 0 Å². The standard InChI is InChI=1S/C12H16O3/c1-12(2,3)10(13)8-4-6-9(7-5-8)11(14)15/h4-7,10,13H,1-3H3,(H,14,15)/t10-/m0/s1. The number of carboxylic acids is 1. The van der Waals surface area contributed by atoms with Gasteiger partial charge < -0.3 is 10.2 Å². The van der Waals surface area contributed by atoms with Gasteiger partial charge in [-0.25, -0.2) is 4.79 Å². The van der Waals surface area contributed by atoms with Crippen molar-refractivity contribution in [2.45, 2.75) is 26.9 Å². The average molecular weight is 208 g/mol. The quantitative estimate of drug-likeness (QED) is 0.784. The van der Waals surface area contributed by atoms with E-state index in [1.807, 2.05) is 20.8 Å². The first-order valence-electron chi connectivity index (χ1n) is 4.83. The molecule has 1 atom stereocenters. The van der Waals surface area contributed by atoms with Gasteiger partial charge in [-0.3, -0.25) is 0 Å². The van der Waals surface area contributed by atoms with Crippen LogP contribution < -0.4 is 0 Å². The maximum absolute atomic E-state index is 10.6. The van der Waals surface area contributed by atoms with Crippen LogP contribution in [-0.4, -0.2) is 16.2 Å². The Bertz CT molecular complexity index is 346. The summed E-state index contributed by atoms with van der Waals surface area (Å²) in [4.78, 5) is 10.6. The summed E-state index contributed by atoms with van der Waals surface area (Å²) in [6.45, 7) is 5.80. The molecule has 0 saturated carbocycles. The van der Waals surface area contributed by atoms with E-state index in [9.17, 15) is 9.90 Å². The van der Waals surface area contributed by atoms with E-state index in [2.05, 4.69) is 0 Å². The zero-order valence-corrected chi connectivity index (χ0v) is 9.19. The lowest BCUT2D eigenvalue weighted by Crippen LogP contribution is -2.17. The predicted octanol–water partition coefficient (Wildman–Crippen LogP) is 2.46. The van der Waals surface area contributed by atoms with Gasteiger partial charge in [-0.15, -0.1) is 0 Å². The van der Waals surface area contributed by atoms with Crippen molar-refractivity contribution in [1.29, 1.82) is 0 Å². The van der Waals surface area contributed by atoms with Crippen LogP contribution in [0.4, 0.5) is 0 Å². The minimum absolute atomic E-state index is 0.236. The molecule has 0 spiro atoms. The van der Waals surface area contributed by atoms with Crippen molar-refractivity contribution in [3.05, 3.63) is 35.4 Å². The number of carboxylic acid groups (broad SMARTS) is 1. The van der Waals surface area contributed by atoms with Gasteiger partial charge in [0.15, 0.2) is 0 Å². The topological polar surface area (TPSA) is 57.5 Å². The number of hydrogen-bond acceptors (Lipinski definition) is 2. The number of aliphatic hydroxyl groups excluding tert-OH is 1. The summed E-state index contributed by atoms with van der Waals surface area (Å²) in [5.74, 6) is -0.952. The number of aromatic carboxylic acids is 1. The second kappa shape index (κ2) is 4.03. The highest BCUT2D eigenvalue weighted by atomic mass is 16.4. The molecule has 0 aliphatic rings. The molecular weight excluding hydrogens is 192 g/mol. The van der Waals surface area contributed by atoms with Crippen molar-refractivity contribution in [3.8, 4) is 0 Å². The first kappa shape index (κ1) is 11.7. The molecular formula is C12H16O3. The minimum atomic E-state index is -0.952. The van der Waals surface area contributed by atoms with E-state index in [1.165, 1.54) is 12.1 Å². The summed E-state index contributed by atoms with van der Waals surface area (Å²) in [6, 6.07) is 6.32. The van der Waals surface area contributed by atoms with Gasteiger partial charge in [0, 0.05) is 0 Å². The molecule has 0 aliphatic carbocycles. The van der Waals surface area contributed by atoms with E-state index in [4.69, 9.17) is 5.11 Å². The maximum Gasteiger partial charge on any atom is 0.335 e. The zero-order chi connectivity index (χ0) is 11.6. The van der Waals surface area contributed by atoms with Crippen molar-refractivity contribution in [2.24, 2.45) is 5.41 Å². The van der Waals surface area contributed by atoms with Crippen molar-refractivity contribution >= 4 is 5.97 Å². The number of benzene rings is 1. The van der Waals surface area contributed by atoms with Crippen molar-refractivity contribution < 1.29 is 15.0 Å². The number of rotatable bonds is 2. The Morgan fingerprint density at radius 1 is 1.20 bits per heavy atom. The van der Waals surface area contributed by atoms with Crippen LogP contribution in [0.15, 0.2) is 24.3 Å². The third-order valence-electron chi connectivity index (χ3n) is 2.29. The van der Waals surface area contributed by atoms with Gasteiger partial charge in [0.1, 0.15) is 0 Å². The number of aliphatic hydroxyl groups is 1. The Balaban J connectivity index is 2.94.